The Morgan fingerprint density at radius 2 is 1.57 bits per heavy atom. The van der Waals surface area contributed by atoms with Crippen LogP contribution in [-0.4, -0.2) is 73.5 Å². The van der Waals surface area contributed by atoms with Gasteiger partial charge in [-0.3, -0.25) is 4.79 Å². The molecule has 0 spiro atoms. The summed E-state index contributed by atoms with van der Waals surface area (Å²) in [6.45, 7) is 2.54. The van der Waals surface area contributed by atoms with E-state index in [1.54, 1.807) is 32.0 Å². The van der Waals surface area contributed by atoms with Crippen molar-refractivity contribution in [3.05, 3.63) is 64.3 Å². The lowest BCUT2D eigenvalue weighted by molar-refractivity contribution is -0.146. The van der Waals surface area contributed by atoms with Crippen molar-refractivity contribution in [1.29, 1.82) is 0 Å². The minimum absolute atomic E-state index is 0.0237. The van der Waals surface area contributed by atoms with E-state index in [1.165, 1.54) is 31.4 Å². The largest absolute Gasteiger partial charge is 0.507 e. The summed E-state index contributed by atoms with van der Waals surface area (Å²) in [5.41, 5.74) is -0.248. The first-order chi connectivity index (χ1) is 22.7. The van der Waals surface area contributed by atoms with Crippen molar-refractivity contribution in [2.45, 2.75) is 26.1 Å². The number of aromatic hydroxyl groups is 2. The maximum absolute atomic E-state index is 13.1. The molecular weight excluding hydrogens is 620 g/mol. The van der Waals surface area contributed by atoms with E-state index in [0.717, 1.165) is 6.07 Å². The van der Waals surface area contributed by atoms with Crippen molar-refractivity contribution in [3.63, 3.8) is 0 Å². The van der Waals surface area contributed by atoms with Gasteiger partial charge >= 0.3 is 11.9 Å². The lowest BCUT2D eigenvalue weighted by atomic mass is 10.0. The number of aliphatic hydroxyl groups excluding tert-OH is 1. The molecule has 5 rings (SSSR count). The van der Waals surface area contributed by atoms with E-state index >= 15 is 0 Å². The molecule has 14 nitrogen and oxygen atoms in total. The summed E-state index contributed by atoms with van der Waals surface area (Å²) in [4.78, 5) is 36.5. The number of methoxy groups -OCH3 is 1. The number of carbonyl (C=O) groups excluding carboxylic acids is 2. The zero-order valence-electron chi connectivity index (χ0n) is 25.6. The molecule has 0 fully saturated rings. The Bertz CT molecular complexity index is 1850. The number of ether oxygens (including phenoxy) is 7. The van der Waals surface area contributed by atoms with E-state index in [1.807, 2.05) is 0 Å². The summed E-state index contributed by atoms with van der Waals surface area (Å²) >= 11 is 0. The number of carbonyl (C=O) groups is 2. The van der Waals surface area contributed by atoms with Crippen molar-refractivity contribution < 1.29 is 62.5 Å². The van der Waals surface area contributed by atoms with Gasteiger partial charge in [-0.05, 0) is 44.2 Å². The summed E-state index contributed by atoms with van der Waals surface area (Å²) in [6.07, 6.45) is -1.67. The predicted octanol–water partition coefficient (Wildman–Crippen LogP) is 3.64. The van der Waals surface area contributed by atoms with Gasteiger partial charge in [0.15, 0.2) is 54.2 Å². The Balaban J connectivity index is 1.46. The first kappa shape index (κ1) is 32.8. The van der Waals surface area contributed by atoms with Gasteiger partial charge in [0, 0.05) is 23.3 Å². The summed E-state index contributed by atoms with van der Waals surface area (Å²) < 4.78 is 44.2. The third-order valence-electron chi connectivity index (χ3n) is 7.01. The Morgan fingerprint density at radius 1 is 0.851 bits per heavy atom. The van der Waals surface area contributed by atoms with E-state index in [4.69, 9.17) is 37.6 Å². The summed E-state index contributed by atoms with van der Waals surface area (Å²) in [5, 5.41) is 31.1. The molecule has 0 aliphatic carbocycles. The van der Waals surface area contributed by atoms with Gasteiger partial charge in [0.05, 0.1) is 26.9 Å². The van der Waals surface area contributed by atoms with Gasteiger partial charge in [-0.1, -0.05) is 6.07 Å². The first-order valence-corrected chi connectivity index (χ1v) is 14.5. The summed E-state index contributed by atoms with van der Waals surface area (Å²) in [7, 11) is 1.43. The highest BCUT2D eigenvalue weighted by Crippen LogP contribution is 2.44. The van der Waals surface area contributed by atoms with Crippen LogP contribution >= 0.6 is 0 Å². The van der Waals surface area contributed by atoms with Crippen LogP contribution in [0.4, 0.5) is 0 Å². The highest BCUT2D eigenvalue weighted by atomic mass is 16.6. The van der Waals surface area contributed by atoms with E-state index in [0.29, 0.717) is 11.3 Å². The molecular formula is C33H32O14. The fourth-order valence-electron chi connectivity index (χ4n) is 4.90. The number of fused-ring (bicyclic) bond motifs is 2. The molecule has 0 amide bonds. The van der Waals surface area contributed by atoms with Crippen LogP contribution in [0.2, 0.25) is 0 Å². The number of esters is 2. The number of rotatable bonds is 12. The number of hydrogen-bond acceptors (Lipinski definition) is 14. The molecule has 0 saturated carbocycles. The number of benzene rings is 3. The van der Waals surface area contributed by atoms with Gasteiger partial charge in [-0.2, -0.15) is 0 Å². The average molecular weight is 653 g/mol. The van der Waals surface area contributed by atoms with Crippen LogP contribution in [0.15, 0.2) is 57.7 Å². The number of phenols is 1. The van der Waals surface area contributed by atoms with Gasteiger partial charge in [0.25, 0.3) is 0 Å². The quantitative estimate of drug-likeness (QED) is 0.188. The smallest absolute Gasteiger partial charge is 0.344 e. The lowest BCUT2D eigenvalue weighted by Gasteiger charge is -2.33. The van der Waals surface area contributed by atoms with E-state index in [9.17, 15) is 29.7 Å². The van der Waals surface area contributed by atoms with Crippen LogP contribution in [0.25, 0.3) is 22.3 Å². The van der Waals surface area contributed by atoms with Crippen LogP contribution in [0.5, 0.6) is 40.2 Å². The molecule has 1 aliphatic heterocycles. The average Bonchev–Trinajstić information content (AvgIpc) is 3.07. The second-order valence-electron chi connectivity index (χ2n) is 10.1. The van der Waals surface area contributed by atoms with Crippen molar-refractivity contribution in [1.82, 2.24) is 0 Å². The molecule has 3 N–H and O–H groups in total. The fraction of sp³-hybridized carbons (Fsp3) is 0.303. The maximum atomic E-state index is 13.1. The fourth-order valence-corrected chi connectivity index (χ4v) is 4.90. The van der Waals surface area contributed by atoms with Crippen LogP contribution in [0.3, 0.4) is 0 Å². The summed E-state index contributed by atoms with van der Waals surface area (Å²) in [6, 6.07) is 11.8. The van der Waals surface area contributed by atoms with Crippen LogP contribution in [0, 0.1) is 0 Å². The van der Waals surface area contributed by atoms with Gasteiger partial charge in [0.2, 0.25) is 11.2 Å². The molecule has 248 valence electrons. The molecule has 2 atom stereocenters. The monoisotopic (exact) mass is 652 g/mol. The predicted molar refractivity (Wildman–Crippen MR) is 163 cm³/mol. The number of aliphatic hydroxyl groups is 1. The van der Waals surface area contributed by atoms with Crippen molar-refractivity contribution in [2.75, 3.05) is 40.1 Å². The number of hydrogen-bond donors (Lipinski definition) is 3. The van der Waals surface area contributed by atoms with Gasteiger partial charge in [0.1, 0.15) is 22.5 Å². The Labute approximate surface area is 267 Å². The zero-order chi connectivity index (χ0) is 33.7. The molecule has 4 aromatic rings. The lowest BCUT2D eigenvalue weighted by Crippen LogP contribution is -2.36. The van der Waals surface area contributed by atoms with Crippen LogP contribution < -0.4 is 29.1 Å². The molecule has 14 heteroatoms. The topological polar surface area (TPSA) is 190 Å². The van der Waals surface area contributed by atoms with Crippen LogP contribution in [-0.2, 0) is 19.1 Å². The Kier molecular flexibility index (Phi) is 9.90. The molecule has 2 unspecified atom stereocenters. The van der Waals surface area contributed by atoms with E-state index in [2.05, 4.69) is 0 Å². The molecule has 1 aromatic heterocycles. The number of phenolic OH excluding ortho intramolecular Hbond substituents is 1. The van der Waals surface area contributed by atoms with Crippen LogP contribution in [0.1, 0.15) is 25.5 Å². The molecule has 0 bridgehead atoms. The third-order valence-corrected chi connectivity index (χ3v) is 7.01. The molecule has 0 radical (unpaired) electrons. The molecule has 47 heavy (non-hydrogen) atoms. The molecule has 1 aliphatic rings. The minimum Gasteiger partial charge on any atom is -0.507 e. The zero-order valence-corrected chi connectivity index (χ0v) is 25.6. The molecule has 3 aromatic carbocycles. The second-order valence-corrected chi connectivity index (χ2v) is 10.1. The van der Waals surface area contributed by atoms with Gasteiger partial charge < -0.3 is 52.9 Å². The van der Waals surface area contributed by atoms with E-state index in [-0.39, 0.29) is 65.1 Å². The summed E-state index contributed by atoms with van der Waals surface area (Å²) in [5.74, 6) is -1.61. The third kappa shape index (κ3) is 6.97. The van der Waals surface area contributed by atoms with E-state index < -0.39 is 54.3 Å². The van der Waals surface area contributed by atoms with Gasteiger partial charge in [-0.25, -0.2) is 9.59 Å². The highest BCUT2D eigenvalue weighted by molar-refractivity contribution is 5.88. The standard InChI is InChI=1S/C33H32O14/c1-4-41-27(36)15-43-19-12-20(35)29-25(13-19)47-33(31(39)30(29)38)18-7-9-22-24(11-18)46-32(26(14-34)45-22)17-6-8-21(23(10-17)40-3)44-16-28(37)42-5-2/h6-13,26,32,34-35,39H,4-5,14-16H2,1-3H3. The second kappa shape index (κ2) is 14.2. The highest BCUT2D eigenvalue weighted by Gasteiger charge is 2.34. The molecule has 0 saturated heterocycles. The maximum Gasteiger partial charge on any atom is 0.344 e. The SMILES string of the molecule is CCOC(=O)COc1cc(O)c2c(=O)c(O)c(-c3ccc4c(c3)OC(c3ccc(OCC(=O)OCC)c(OC)c3)C(CO)O4)oc2c1. The van der Waals surface area contributed by atoms with Crippen molar-refractivity contribution in [2.24, 2.45) is 0 Å². The Hall–Kier alpha value is -5.63. The van der Waals surface area contributed by atoms with Crippen molar-refractivity contribution >= 4 is 22.9 Å². The Morgan fingerprint density at radius 3 is 2.26 bits per heavy atom. The minimum atomic E-state index is -0.902. The first-order valence-electron chi connectivity index (χ1n) is 14.5. The normalized spacial score (nSPS) is 15.1. The van der Waals surface area contributed by atoms with Crippen molar-refractivity contribution in [3.8, 4) is 51.6 Å². The molecule has 2 heterocycles. The van der Waals surface area contributed by atoms with Gasteiger partial charge in [-0.15, -0.1) is 0 Å².